The molecule has 0 spiro atoms. The highest BCUT2D eigenvalue weighted by Gasteiger charge is 2.47. The molecule has 1 unspecified atom stereocenters. The number of nitrogens with zero attached hydrogens (tertiary/aromatic N) is 1. The molecule has 0 aromatic carbocycles. The molecule has 1 fully saturated rings. The summed E-state index contributed by atoms with van der Waals surface area (Å²) in [7, 11) is 0. The van der Waals surface area contributed by atoms with Gasteiger partial charge in [0.2, 0.25) is 5.91 Å². The number of carbonyl (C=O) groups excluding carboxylic acids is 1. The van der Waals surface area contributed by atoms with Crippen molar-refractivity contribution >= 4 is 29.6 Å². The molecule has 12 heavy (non-hydrogen) atoms. The van der Waals surface area contributed by atoms with Crippen LogP contribution in [-0.2, 0) is 8.98 Å². The van der Waals surface area contributed by atoms with Crippen molar-refractivity contribution < 1.29 is 8.98 Å². The minimum atomic E-state index is -0.428. The summed E-state index contributed by atoms with van der Waals surface area (Å²) in [6, 6.07) is -0.428. The van der Waals surface area contributed by atoms with Gasteiger partial charge in [-0.25, -0.2) is 0 Å². The van der Waals surface area contributed by atoms with Crippen molar-refractivity contribution in [2.45, 2.75) is 11.4 Å². The fraction of sp³-hybridized carbons (Fsp3) is 0.500. The van der Waals surface area contributed by atoms with Crippen LogP contribution in [0.15, 0.2) is 12.0 Å². The van der Waals surface area contributed by atoms with Gasteiger partial charge in [-0.2, -0.15) is 0 Å². The van der Waals surface area contributed by atoms with Crippen LogP contribution in [0.25, 0.3) is 0 Å². The predicted octanol–water partition coefficient (Wildman–Crippen LogP) is 0.241. The van der Waals surface area contributed by atoms with Crippen molar-refractivity contribution in [2.24, 2.45) is 5.73 Å². The summed E-state index contributed by atoms with van der Waals surface area (Å²) in [4.78, 5) is 12.7. The molecule has 0 aromatic rings. The lowest BCUT2D eigenvalue weighted by Crippen LogP contribution is -2.65. The van der Waals surface area contributed by atoms with Crippen LogP contribution < -0.4 is 5.73 Å². The molecular formula is C6H7ClN2O2S. The van der Waals surface area contributed by atoms with E-state index >= 15 is 0 Å². The molecule has 1 saturated heterocycles. The van der Waals surface area contributed by atoms with Crippen LogP contribution in [0.5, 0.6) is 0 Å². The standard InChI is InChI=1S/C6H7ClN2O2S/c7-1-3-2-9-5(10)4(8)6(9)12-11-3/h2,4,6H,1,8H2/t4?,6-/m1/s1. The van der Waals surface area contributed by atoms with Gasteiger partial charge < -0.3 is 9.92 Å². The van der Waals surface area contributed by atoms with Gasteiger partial charge in [0.05, 0.1) is 17.9 Å². The summed E-state index contributed by atoms with van der Waals surface area (Å²) >= 11 is 6.71. The second-order valence-corrected chi connectivity index (χ2v) is 3.68. The van der Waals surface area contributed by atoms with Crippen LogP contribution in [0.1, 0.15) is 0 Å². The Kier molecular flexibility index (Phi) is 1.94. The van der Waals surface area contributed by atoms with Gasteiger partial charge in [0.25, 0.3) is 0 Å². The fourth-order valence-electron chi connectivity index (χ4n) is 1.10. The van der Waals surface area contributed by atoms with Crippen LogP contribution in [0.2, 0.25) is 0 Å². The topological polar surface area (TPSA) is 55.6 Å². The van der Waals surface area contributed by atoms with E-state index in [0.717, 1.165) is 0 Å². The normalized spacial score (nSPS) is 33.3. The Balaban J connectivity index is 2.15. The van der Waals surface area contributed by atoms with Crippen LogP contribution >= 0.6 is 23.6 Å². The zero-order valence-corrected chi connectivity index (χ0v) is 7.64. The lowest BCUT2D eigenvalue weighted by Gasteiger charge is -2.44. The van der Waals surface area contributed by atoms with E-state index in [9.17, 15) is 4.79 Å². The van der Waals surface area contributed by atoms with Gasteiger partial charge in [-0.05, 0) is 0 Å². The third-order valence-electron chi connectivity index (χ3n) is 1.79. The van der Waals surface area contributed by atoms with E-state index < -0.39 is 6.04 Å². The maximum atomic E-state index is 11.1. The second kappa shape index (κ2) is 2.83. The molecule has 2 heterocycles. The number of allylic oxidation sites excluding steroid dienone is 1. The van der Waals surface area contributed by atoms with Crippen LogP contribution in [0, 0.1) is 0 Å². The molecule has 0 aliphatic carbocycles. The van der Waals surface area contributed by atoms with Crippen LogP contribution in [0.3, 0.4) is 0 Å². The monoisotopic (exact) mass is 206 g/mol. The van der Waals surface area contributed by atoms with Crippen LogP contribution in [0.4, 0.5) is 0 Å². The summed E-state index contributed by atoms with van der Waals surface area (Å²) in [5.41, 5.74) is 5.51. The van der Waals surface area contributed by atoms with E-state index in [-0.39, 0.29) is 17.2 Å². The van der Waals surface area contributed by atoms with Gasteiger partial charge in [-0.15, -0.1) is 11.6 Å². The number of β-lactam (4-membered cyclic amide) rings is 1. The van der Waals surface area contributed by atoms with E-state index in [2.05, 4.69) is 0 Å². The molecule has 2 rings (SSSR count). The van der Waals surface area contributed by atoms with E-state index in [0.29, 0.717) is 5.76 Å². The van der Waals surface area contributed by atoms with Crippen LogP contribution in [-0.4, -0.2) is 28.1 Å². The fourth-order valence-corrected chi connectivity index (χ4v) is 2.10. The highest BCUT2D eigenvalue weighted by atomic mass is 35.5. The van der Waals surface area contributed by atoms with Gasteiger partial charge in [0, 0.05) is 6.20 Å². The number of alkyl halides is 1. The lowest BCUT2D eigenvalue weighted by atomic mass is 10.1. The van der Waals surface area contributed by atoms with Crippen molar-refractivity contribution in [1.29, 1.82) is 0 Å². The van der Waals surface area contributed by atoms with Gasteiger partial charge >= 0.3 is 0 Å². The maximum Gasteiger partial charge on any atom is 0.247 e. The van der Waals surface area contributed by atoms with E-state index in [4.69, 9.17) is 21.5 Å². The summed E-state index contributed by atoms with van der Waals surface area (Å²) < 4.78 is 5.15. The Labute approximate surface area is 78.9 Å². The molecule has 6 heteroatoms. The first-order valence-electron chi connectivity index (χ1n) is 3.42. The van der Waals surface area contributed by atoms with Crippen molar-refractivity contribution in [3.63, 3.8) is 0 Å². The average Bonchev–Trinajstić information content (AvgIpc) is 2.15. The molecule has 0 bridgehead atoms. The molecule has 66 valence electrons. The molecule has 0 saturated carbocycles. The minimum Gasteiger partial charge on any atom is -0.425 e. The number of rotatable bonds is 1. The molecule has 4 nitrogen and oxygen atoms in total. The average molecular weight is 207 g/mol. The number of halogens is 1. The van der Waals surface area contributed by atoms with Crippen molar-refractivity contribution in [3.8, 4) is 0 Å². The minimum absolute atomic E-state index is 0.0653. The quantitative estimate of drug-likeness (QED) is 0.380. The smallest absolute Gasteiger partial charge is 0.247 e. The zero-order chi connectivity index (χ0) is 8.72. The van der Waals surface area contributed by atoms with E-state index in [1.165, 1.54) is 12.0 Å². The Hall–Kier alpha value is -0.390. The Bertz CT molecular complexity index is 258. The molecule has 2 aliphatic rings. The van der Waals surface area contributed by atoms with E-state index in [1.54, 1.807) is 11.1 Å². The Morgan fingerprint density at radius 2 is 2.58 bits per heavy atom. The number of fused-ring (bicyclic) bond motifs is 1. The zero-order valence-electron chi connectivity index (χ0n) is 6.07. The van der Waals surface area contributed by atoms with Gasteiger partial charge in [0.1, 0.15) is 17.2 Å². The van der Waals surface area contributed by atoms with Crippen molar-refractivity contribution in [1.82, 2.24) is 4.90 Å². The first-order valence-corrected chi connectivity index (χ1v) is 4.75. The summed E-state index contributed by atoms with van der Waals surface area (Å²) in [5, 5.41) is -0.0653. The maximum absolute atomic E-state index is 11.1. The number of nitrogens with two attached hydrogens (primary N) is 1. The molecule has 0 radical (unpaired) electrons. The van der Waals surface area contributed by atoms with Gasteiger partial charge in [-0.1, -0.05) is 0 Å². The molecule has 1 amide bonds. The lowest BCUT2D eigenvalue weighted by molar-refractivity contribution is -0.140. The Morgan fingerprint density at radius 3 is 3.25 bits per heavy atom. The molecule has 2 atom stereocenters. The van der Waals surface area contributed by atoms with E-state index in [1.807, 2.05) is 0 Å². The SMILES string of the molecule is NC1C(=O)N2C=C(CCl)OS[C@H]12. The van der Waals surface area contributed by atoms with Crippen molar-refractivity contribution in [3.05, 3.63) is 12.0 Å². The third-order valence-corrected chi connectivity index (χ3v) is 3.08. The number of amides is 1. The largest absolute Gasteiger partial charge is 0.425 e. The summed E-state index contributed by atoms with van der Waals surface area (Å²) in [6.45, 7) is 0. The third kappa shape index (κ3) is 1.01. The number of hydrogen-bond acceptors (Lipinski definition) is 4. The molecular weight excluding hydrogens is 200 g/mol. The Morgan fingerprint density at radius 1 is 1.83 bits per heavy atom. The highest BCUT2D eigenvalue weighted by molar-refractivity contribution is 7.95. The van der Waals surface area contributed by atoms with Crippen molar-refractivity contribution in [2.75, 3.05) is 5.88 Å². The molecule has 2 N–H and O–H groups in total. The van der Waals surface area contributed by atoms with Gasteiger partial charge in [-0.3, -0.25) is 9.69 Å². The molecule has 0 aromatic heterocycles. The molecule has 2 aliphatic heterocycles. The summed E-state index contributed by atoms with van der Waals surface area (Å²) in [6.07, 6.45) is 1.61. The van der Waals surface area contributed by atoms with Gasteiger partial charge in [0.15, 0.2) is 0 Å². The number of carbonyl (C=O) groups is 1. The first-order chi connectivity index (χ1) is 5.74. The highest BCUT2D eigenvalue weighted by Crippen LogP contribution is 2.36. The second-order valence-electron chi connectivity index (χ2n) is 2.57. The first kappa shape index (κ1) is 8.22. The summed E-state index contributed by atoms with van der Waals surface area (Å²) in [5.74, 6) is 0.801. The predicted molar refractivity (Wildman–Crippen MR) is 46.1 cm³/mol. The number of hydrogen-bond donors (Lipinski definition) is 1.